The standard InChI is InChI=1S/C66H44N2/c1-2-17-46(18-3-1)57-28-15-31-65(68-63-29-12-10-26-60(63)61-27-11-13-30-64(61)68)66(57)48-36-40-54(41-37-48)67(55-22-14-21-50(43-55)51-33-32-45-16-4-5-19-49(45)42-51)53-38-34-47(35-39-53)62-44-52-20-6-7-23-56(52)58-24-8-9-25-59(58)62/h1-44H. The summed E-state index contributed by atoms with van der Waals surface area (Å²) in [5, 5.41) is 10.0. The van der Waals surface area contributed by atoms with Gasteiger partial charge in [-0.05, 0) is 138 Å². The molecule has 0 atom stereocenters. The van der Waals surface area contributed by atoms with Gasteiger partial charge in [0.05, 0.1) is 16.7 Å². The lowest BCUT2D eigenvalue weighted by molar-refractivity contribution is 1.18. The van der Waals surface area contributed by atoms with Crippen LogP contribution in [0.1, 0.15) is 0 Å². The van der Waals surface area contributed by atoms with Crippen molar-refractivity contribution in [3.05, 3.63) is 267 Å². The molecule has 13 rings (SSSR count). The quantitative estimate of drug-likeness (QED) is 0.138. The maximum absolute atomic E-state index is 2.45. The predicted octanol–water partition coefficient (Wildman–Crippen LogP) is 18.4. The molecule has 0 aliphatic rings. The smallest absolute Gasteiger partial charge is 0.0546 e. The van der Waals surface area contributed by atoms with Gasteiger partial charge >= 0.3 is 0 Å². The second kappa shape index (κ2) is 16.5. The van der Waals surface area contributed by atoms with Gasteiger partial charge in [-0.15, -0.1) is 0 Å². The Morgan fingerprint density at radius 3 is 1.49 bits per heavy atom. The molecule has 68 heavy (non-hydrogen) atoms. The van der Waals surface area contributed by atoms with E-state index in [4.69, 9.17) is 0 Å². The highest BCUT2D eigenvalue weighted by molar-refractivity contribution is 6.14. The molecule has 1 aromatic heterocycles. The Morgan fingerprint density at radius 2 is 0.765 bits per heavy atom. The Balaban J connectivity index is 0.973. The van der Waals surface area contributed by atoms with Crippen molar-refractivity contribution < 1.29 is 0 Å². The van der Waals surface area contributed by atoms with Crippen LogP contribution in [0.3, 0.4) is 0 Å². The minimum Gasteiger partial charge on any atom is -0.310 e. The van der Waals surface area contributed by atoms with E-state index >= 15 is 0 Å². The molecule has 2 heteroatoms. The number of hydrogen-bond acceptors (Lipinski definition) is 1. The first-order valence-corrected chi connectivity index (χ1v) is 23.4. The fraction of sp³-hybridized carbons (Fsp3) is 0. The van der Waals surface area contributed by atoms with Gasteiger partial charge in [-0.1, -0.05) is 200 Å². The summed E-state index contributed by atoms with van der Waals surface area (Å²) in [5.41, 5.74) is 16.2. The average Bonchev–Trinajstić information content (AvgIpc) is 3.75. The van der Waals surface area contributed by atoms with Crippen LogP contribution in [0.5, 0.6) is 0 Å². The molecule has 0 N–H and O–H groups in total. The largest absolute Gasteiger partial charge is 0.310 e. The van der Waals surface area contributed by atoms with Gasteiger partial charge in [-0.3, -0.25) is 0 Å². The SMILES string of the molecule is c1ccc(-c2cccc(-n3c4ccccc4c4ccccc43)c2-c2ccc(N(c3ccc(-c4cc5ccccc5c5ccccc45)cc3)c3cccc(-c4ccc5ccccc5c4)c3)cc2)cc1. The number of para-hydroxylation sites is 2. The third-order valence-corrected chi connectivity index (χ3v) is 13.8. The van der Waals surface area contributed by atoms with Crippen molar-refractivity contribution in [3.63, 3.8) is 0 Å². The number of benzene rings is 12. The first kappa shape index (κ1) is 39.4. The minimum absolute atomic E-state index is 1.07. The molecule has 0 aliphatic heterocycles. The summed E-state index contributed by atoms with van der Waals surface area (Å²) in [6, 6.07) is 97.6. The molecule has 0 spiro atoms. The molecule has 0 bridgehead atoms. The average molecular weight is 865 g/mol. The van der Waals surface area contributed by atoms with E-state index in [0.29, 0.717) is 0 Å². The van der Waals surface area contributed by atoms with E-state index < -0.39 is 0 Å². The van der Waals surface area contributed by atoms with E-state index in [0.717, 1.165) is 28.3 Å². The molecule has 13 aromatic rings. The summed E-state index contributed by atoms with van der Waals surface area (Å²) in [6.07, 6.45) is 0. The van der Waals surface area contributed by atoms with Gasteiger partial charge < -0.3 is 9.47 Å². The van der Waals surface area contributed by atoms with Crippen molar-refractivity contribution in [1.82, 2.24) is 4.57 Å². The van der Waals surface area contributed by atoms with Crippen LogP contribution in [0.15, 0.2) is 267 Å². The van der Waals surface area contributed by atoms with Crippen molar-refractivity contribution in [3.8, 4) is 50.2 Å². The number of aromatic nitrogens is 1. The zero-order valence-electron chi connectivity index (χ0n) is 37.3. The molecular formula is C66H44N2. The summed E-state index contributed by atoms with van der Waals surface area (Å²) in [4.78, 5) is 2.40. The predicted molar refractivity (Wildman–Crippen MR) is 290 cm³/mol. The Kier molecular flexibility index (Phi) is 9.54. The second-order valence-electron chi connectivity index (χ2n) is 17.7. The van der Waals surface area contributed by atoms with Crippen LogP contribution in [-0.4, -0.2) is 4.57 Å². The molecule has 2 nitrogen and oxygen atoms in total. The highest BCUT2D eigenvalue weighted by atomic mass is 15.1. The van der Waals surface area contributed by atoms with Gasteiger partial charge in [-0.25, -0.2) is 0 Å². The zero-order valence-corrected chi connectivity index (χ0v) is 37.3. The molecule has 0 saturated carbocycles. The molecule has 0 aliphatic carbocycles. The second-order valence-corrected chi connectivity index (χ2v) is 17.7. The Labute approximate surface area is 395 Å². The van der Waals surface area contributed by atoms with E-state index in [1.54, 1.807) is 0 Å². The summed E-state index contributed by atoms with van der Waals surface area (Å²) >= 11 is 0. The minimum atomic E-state index is 1.07. The highest BCUT2D eigenvalue weighted by Crippen LogP contribution is 2.44. The van der Waals surface area contributed by atoms with Gasteiger partial charge in [0, 0.05) is 33.4 Å². The van der Waals surface area contributed by atoms with Crippen molar-refractivity contribution in [2.45, 2.75) is 0 Å². The van der Waals surface area contributed by atoms with Crippen LogP contribution in [0.2, 0.25) is 0 Å². The van der Waals surface area contributed by atoms with E-state index in [-0.39, 0.29) is 0 Å². The fourth-order valence-corrected chi connectivity index (χ4v) is 10.6. The third-order valence-electron chi connectivity index (χ3n) is 13.8. The van der Waals surface area contributed by atoms with Gasteiger partial charge in [0.15, 0.2) is 0 Å². The Morgan fingerprint density at radius 1 is 0.250 bits per heavy atom. The molecule has 0 unspecified atom stereocenters. The topological polar surface area (TPSA) is 8.17 Å². The monoisotopic (exact) mass is 864 g/mol. The molecule has 0 radical (unpaired) electrons. The fourth-order valence-electron chi connectivity index (χ4n) is 10.6. The summed E-state index contributed by atoms with van der Waals surface area (Å²) < 4.78 is 2.45. The Bertz CT molecular complexity index is 3960. The lowest BCUT2D eigenvalue weighted by atomic mass is 9.92. The van der Waals surface area contributed by atoms with Crippen LogP contribution < -0.4 is 4.90 Å². The maximum atomic E-state index is 2.45. The molecule has 12 aromatic carbocycles. The van der Waals surface area contributed by atoms with Crippen LogP contribution in [0.4, 0.5) is 17.1 Å². The number of fused-ring (bicyclic) bond motifs is 7. The Hall–Kier alpha value is -8.98. The molecule has 0 saturated heterocycles. The summed E-state index contributed by atoms with van der Waals surface area (Å²) in [6.45, 7) is 0. The third kappa shape index (κ3) is 6.73. The van der Waals surface area contributed by atoms with Crippen LogP contribution in [-0.2, 0) is 0 Å². The van der Waals surface area contributed by atoms with Gasteiger partial charge in [0.2, 0.25) is 0 Å². The van der Waals surface area contributed by atoms with E-state index in [9.17, 15) is 0 Å². The first-order valence-electron chi connectivity index (χ1n) is 23.4. The van der Waals surface area contributed by atoms with Crippen molar-refractivity contribution in [1.29, 1.82) is 0 Å². The van der Waals surface area contributed by atoms with E-state index in [1.807, 2.05) is 0 Å². The molecule has 0 fully saturated rings. The van der Waals surface area contributed by atoms with Crippen molar-refractivity contribution >= 4 is 71.2 Å². The maximum Gasteiger partial charge on any atom is 0.0546 e. The van der Waals surface area contributed by atoms with Crippen LogP contribution >= 0.6 is 0 Å². The number of rotatable bonds is 8. The normalized spacial score (nSPS) is 11.5. The first-order chi connectivity index (χ1) is 33.7. The molecular weight excluding hydrogens is 821 g/mol. The summed E-state index contributed by atoms with van der Waals surface area (Å²) in [5.74, 6) is 0. The molecule has 318 valence electrons. The zero-order chi connectivity index (χ0) is 45.0. The molecule has 0 amide bonds. The number of nitrogens with zero attached hydrogens (tertiary/aromatic N) is 2. The van der Waals surface area contributed by atoms with E-state index in [1.165, 1.54) is 93.1 Å². The number of anilines is 3. The summed E-state index contributed by atoms with van der Waals surface area (Å²) in [7, 11) is 0. The van der Waals surface area contributed by atoms with Crippen LogP contribution in [0, 0.1) is 0 Å². The van der Waals surface area contributed by atoms with E-state index in [2.05, 4.69) is 276 Å². The highest BCUT2D eigenvalue weighted by Gasteiger charge is 2.21. The van der Waals surface area contributed by atoms with Crippen molar-refractivity contribution in [2.24, 2.45) is 0 Å². The lowest BCUT2D eigenvalue weighted by Crippen LogP contribution is -2.10. The van der Waals surface area contributed by atoms with Gasteiger partial charge in [0.1, 0.15) is 0 Å². The van der Waals surface area contributed by atoms with Crippen LogP contribution in [0.25, 0.3) is 104 Å². The van der Waals surface area contributed by atoms with Crippen molar-refractivity contribution in [2.75, 3.05) is 4.90 Å². The number of hydrogen-bond donors (Lipinski definition) is 0. The lowest BCUT2D eigenvalue weighted by Gasteiger charge is -2.27. The molecule has 1 heterocycles. The van der Waals surface area contributed by atoms with Gasteiger partial charge in [0.25, 0.3) is 0 Å². The van der Waals surface area contributed by atoms with Gasteiger partial charge in [-0.2, -0.15) is 0 Å².